The summed E-state index contributed by atoms with van der Waals surface area (Å²) in [7, 11) is -1.87. The average Bonchev–Trinajstić information content (AvgIpc) is 3.23. The van der Waals surface area contributed by atoms with Crippen LogP contribution in [0.3, 0.4) is 0 Å². The Bertz CT molecular complexity index is 736. The molecule has 0 aromatic heterocycles. The summed E-state index contributed by atoms with van der Waals surface area (Å²) in [5.41, 5.74) is 0.458. The largest absolute Gasteiger partial charge is 0.376 e. The smallest absolute Gasteiger partial charge is 0.251 e. The fourth-order valence-electron chi connectivity index (χ4n) is 3.97. The molecule has 1 saturated carbocycles. The van der Waals surface area contributed by atoms with Gasteiger partial charge in [-0.15, -0.1) is 0 Å². The number of amides is 1. The molecule has 0 bridgehead atoms. The van der Waals surface area contributed by atoms with E-state index in [9.17, 15) is 13.2 Å². The molecule has 1 saturated heterocycles. The van der Waals surface area contributed by atoms with Crippen molar-refractivity contribution >= 4 is 15.9 Å². The zero-order valence-corrected chi connectivity index (χ0v) is 17.0. The van der Waals surface area contributed by atoms with Crippen molar-refractivity contribution in [3.63, 3.8) is 0 Å². The van der Waals surface area contributed by atoms with Crippen LogP contribution in [0.2, 0.25) is 0 Å². The number of carbonyl (C=O) groups is 1. The second-order valence-electron chi connectivity index (χ2n) is 7.65. The molecule has 7 heteroatoms. The average molecular weight is 395 g/mol. The van der Waals surface area contributed by atoms with Crippen LogP contribution in [0.5, 0.6) is 0 Å². The van der Waals surface area contributed by atoms with Crippen molar-refractivity contribution in [3.8, 4) is 0 Å². The first-order valence-corrected chi connectivity index (χ1v) is 11.3. The van der Waals surface area contributed by atoms with Crippen molar-refractivity contribution in [1.82, 2.24) is 9.62 Å². The number of nitrogens with one attached hydrogen (secondary N) is 1. The molecule has 0 spiro atoms. The Labute approximate surface area is 162 Å². The summed E-state index contributed by atoms with van der Waals surface area (Å²) in [5.74, 6) is -0.206. The van der Waals surface area contributed by atoms with Gasteiger partial charge in [0.25, 0.3) is 5.91 Å². The van der Waals surface area contributed by atoms with E-state index in [1.165, 1.54) is 22.9 Å². The second kappa shape index (κ2) is 8.71. The van der Waals surface area contributed by atoms with Gasteiger partial charge in [-0.05, 0) is 56.9 Å². The van der Waals surface area contributed by atoms with E-state index in [1.54, 1.807) is 19.2 Å². The zero-order valence-electron chi connectivity index (χ0n) is 16.2. The van der Waals surface area contributed by atoms with E-state index in [2.05, 4.69) is 5.32 Å². The van der Waals surface area contributed by atoms with Crippen molar-refractivity contribution in [1.29, 1.82) is 0 Å². The Kier molecular flexibility index (Phi) is 6.55. The molecule has 1 amide bonds. The van der Waals surface area contributed by atoms with Gasteiger partial charge in [0.05, 0.1) is 17.0 Å². The lowest BCUT2D eigenvalue weighted by Gasteiger charge is -2.30. The first kappa shape index (κ1) is 20.3. The second-order valence-corrected chi connectivity index (χ2v) is 9.65. The van der Waals surface area contributed by atoms with Crippen LogP contribution in [0.15, 0.2) is 29.2 Å². The Hall–Kier alpha value is -1.44. The van der Waals surface area contributed by atoms with E-state index in [4.69, 9.17) is 4.74 Å². The van der Waals surface area contributed by atoms with E-state index >= 15 is 0 Å². The third-order valence-electron chi connectivity index (χ3n) is 5.76. The highest BCUT2D eigenvalue weighted by atomic mass is 32.2. The summed E-state index contributed by atoms with van der Waals surface area (Å²) in [6, 6.07) is 6.22. The van der Waals surface area contributed by atoms with Crippen molar-refractivity contribution in [3.05, 3.63) is 29.8 Å². The predicted octanol–water partition coefficient (Wildman–Crippen LogP) is 2.94. The molecule has 3 rings (SSSR count). The fraction of sp³-hybridized carbons (Fsp3) is 0.650. The SMILES string of the molecule is CC(NC(=O)c1ccc(S(=O)(=O)N(C)C2CCCCC2)cc1)C1CCCO1. The number of benzene rings is 1. The van der Waals surface area contributed by atoms with Crippen molar-refractivity contribution < 1.29 is 17.9 Å². The van der Waals surface area contributed by atoms with Crippen LogP contribution in [0, 0.1) is 0 Å². The molecule has 1 heterocycles. The molecule has 27 heavy (non-hydrogen) atoms. The lowest BCUT2D eigenvalue weighted by molar-refractivity contribution is 0.0712. The van der Waals surface area contributed by atoms with Gasteiger partial charge in [-0.2, -0.15) is 4.31 Å². The van der Waals surface area contributed by atoms with Gasteiger partial charge < -0.3 is 10.1 Å². The molecule has 0 radical (unpaired) electrons. The van der Waals surface area contributed by atoms with Gasteiger partial charge in [-0.3, -0.25) is 4.79 Å². The Morgan fingerprint density at radius 1 is 1.11 bits per heavy atom. The van der Waals surface area contributed by atoms with Gasteiger partial charge in [0, 0.05) is 25.3 Å². The highest BCUT2D eigenvalue weighted by Crippen LogP contribution is 2.26. The van der Waals surface area contributed by atoms with Crippen molar-refractivity contribution in [2.24, 2.45) is 0 Å². The quantitative estimate of drug-likeness (QED) is 0.805. The van der Waals surface area contributed by atoms with Crippen LogP contribution in [0.1, 0.15) is 62.2 Å². The molecule has 2 unspecified atom stereocenters. The standard InChI is InChI=1S/C20H30N2O4S/c1-15(19-9-6-14-26-19)21-20(23)16-10-12-18(13-11-16)27(24,25)22(2)17-7-4-3-5-8-17/h10-13,15,17,19H,3-9,14H2,1-2H3,(H,21,23). The fourth-order valence-corrected chi connectivity index (χ4v) is 5.38. The maximum absolute atomic E-state index is 12.9. The van der Waals surface area contributed by atoms with Gasteiger partial charge in [-0.1, -0.05) is 19.3 Å². The highest BCUT2D eigenvalue weighted by molar-refractivity contribution is 7.89. The first-order valence-electron chi connectivity index (χ1n) is 9.90. The van der Waals surface area contributed by atoms with Gasteiger partial charge in [-0.25, -0.2) is 8.42 Å². The molecule has 2 atom stereocenters. The molecule has 2 fully saturated rings. The topological polar surface area (TPSA) is 75.7 Å². The van der Waals surface area contributed by atoms with Crippen molar-refractivity contribution in [2.75, 3.05) is 13.7 Å². The third kappa shape index (κ3) is 4.70. The van der Waals surface area contributed by atoms with E-state index < -0.39 is 10.0 Å². The Morgan fingerprint density at radius 3 is 2.37 bits per heavy atom. The molecule has 1 aromatic carbocycles. The molecule has 2 aliphatic rings. The lowest BCUT2D eigenvalue weighted by Crippen LogP contribution is -2.40. The number of rotatable bonds is 6. The maximum atomic E-state index is 12.9. The first-order chi connectivity index (χ1) is 12.9. The number of sulfonamides is 1. The van der Waals surface area contributed by atoms with E-state index in [1.807, 2.05) is 6.92 Å². The summed E-state index contributed by atoms with van der Waals surface area (Å²) < 4.78 is 32.8. The van der Waals surface area contributed by atoms with E-state index in [0.717, 1.165) is 45.1 Å². The number of hydrogen-bond acceptors (Lipinski definition) is 4. The van der Waals surface area contributed by atoms with Gasteiger partial charge in [0.1, 0.15) is 0 Å². The number of nitrogens with zero attached hydrogens (tertiary/aromatic N) is 1. The van der Waals surface area contributed by atoms with Gasteiger partial charge >= 0.3 is 0 Å². The van der Waals surface area contributed by atoms with Crippen molar-refractivity contribution in [2.45, 2.75) is 75.0 Å². The summed E-state index contributed by atoms with van der Waals surface area (Å²) in [6.07, 6.45) is 7.18. The van der Waals surface area contributed by atoms with Crippen LogP contribution in [0.25, 0.3) is 0 Å². The third-order valence-corrected chi connectivity index (χ3v) is 7.69. The molecule has 1 aliphatic carbocycles. The number of hydrogen-bond donors (Lipinski definition) is 1. The zero-order chi connectivity index (χ0) is 19.4. The highest BCUT2D eigenvalue weighted by Gasteiger charge is 2.29. The molecular formula is C20H30N2O4S. The molecule has 1 aliphatic heterocycles. The van der Waals surface area contributed by atoms with Crippen LogP contribution < -0.4 is 5.32 Å². The lowest BCUT2D eigenvalue weighted by atomic mass is 9.96. The van der Waals surface area contributed by atoms with E-state index in [-0.39, 0.29) is 29.0 Å². The molecule has 1 aromatic rings. The minimum atomic E-state index is -3.54. The van der Waals surface area contributed by atoms with Gasteiger partial charge in [0.15, 0.2) is 0 Å². The van der Waals surface area contributed by atoms with Crippen LogP contribution >= 0.6 is 0 Å². The summed E-state index contributed by atoms with van der Waals surface area (Å²) >= 11 is 0. The molecule has 150 valence electrons. The van der Waals surface area contributed by atoms with E-state index in [0.29, 0.717) is 5.56 Å². The predicted molar refractivity (Wildman–Crippen MR) is 104 cm³/mol. The summed E-state index contributed by atoms with van der Waals surface area (Å²) in [6.45, 7) is 2.68. The van der Waals surface area contributed by atoms with Gasteiger partial charge in [0.2, 0.25) is 10.0 Å². The Balaban J connectivity index is 1.65. The monoisotopic (exact) mass is 394 g/mol. The Morgan fingerprint density at radius 2 is 1.78 bits per heavy atom. The van der Waals surface area contributed by atoms with Crippen LogP contribution in [0.4, 0.5) is 0 Å². The number of ether oxygens (including phenoxy) is 1. The minimum absolute atomic E-state index is 0.0535. The minimum Gasteiger partial charge on any atom is -0.376 e. The number of carbonyl (C=O) groups excluding carboxylic acids is 1. The summed E-state index contributed by atoms with van der Waals surface area (Å²) in [5, 5.41) is 2.95. The maximum Gasteiger partial charge on any atom is 0.251 e. The van der Waals surface area contributed by atoms with Crippen LogP contribution in [-0.2, 0) is 14.8 Å². The summed E-state index contributed by atoms with van der Waals surface area (Å²) in [4.78, 5) is 12.7. The molecule has 1 N–H and O–H groups in total. The normalized spacial score (nSPS) is 22.7. The molecule has 6 nitrogen and oxygen atoms in total. The van der Waals surface area contributed by atoms with Crippen LogP contribution in [-0.4, -0.2) is 50.5 Å². The molecular weight excluding hydrogens is 364 g/mol.